The Hall–Kier alpha value is -4.18. The van der Waals surface area contributed by atoms with Gasteiger partial charge in [-0.1, -0.05) is 53.9 Å². The third-order valence-corrected chi connectivity index (χ3v) is 7.22. The van der Waals surface area contributed by atoms with E-state index >= 15 is 4.39 Å². The molecule has 1 fully saturated rings. The summed E-state index contributed by atoms with van der Waals surface area (Å²) in [6.07, 6.45) is 17.3. The number of rotatable bonds is 7. The van der Waals surface area contributed by atoms with E-state index in [1.165, 1.54) is 28.3 Å². The van der Waals surface area contributed by atoms with Crippen molar-refractivity contribution in [2.75, 3.05) is 18.5 Å². The van der Waals surface area contributed by atoms with Gasteiger partial charge in [0.2, 0.25) is 0 Å². The predicted molar refractivity (Wildman–Crippen MR) is 158 cm³/mol. The van der Waals surface area contributed by atoms with Crippen LogP contribution in [0.25, 0.3) is 0 Å². The summed E-state index contributed by atoms with van der Waals surface area (Å²) in [7, 11) is 1.63. The van der Waals surface area contributed by atoms with E-state index in [0.29, 0.717) is 24.0 Å². The summed E-state index contributed by atoms with van der Waals surface area (Å²) in [6.45, 7) is 5.33. The van der Waals surface area contributed by atoms with Gasteiger partial charge < -0.3 is 16.0 Å². The molecule has 0 saturated carbocycles. The number of ketones is 1. The third kappa shape index (κ3) is 6.83. The number of carbonyl (C=O) groups excluding carboxylic acids is 2. The Morgan fingerprint density at radius 3 is 2.72 bits per heavy atom. The number of aryl methyl sites for hydroxylation is 1. The molecule has 0 bridgehead atoms. The molecule has 0 radical (unpaired) electrons. The summed E-state index contributed by atoms with van der Waals surface area (Å²) < 4.78 is 15.5. The minimum atomic E-state index is -0.999. The molecule has 7 heteroatoms. The number of hydrogen-bond acceptors (Lipinski definition) is 3. The van der Waals surface area contributed by atoms with Crippen molar-refractivity contribution in [3.63, 3.8) is 0 Å². The van der Waals surface area contributed by atoms with E-state index < -0.39 is 17.4 Å². The molecule has 4 N–H and O–H groups in total. The zero-order valence-electron chi connectivity index (χ0n) is 23.2. The van der Waals surface area contributed by atoms with Crippen LogP contribution in [0.5, 0.6) is 0 Å². The molecule has 1 heterocycles. The van der Waals surface area contributed by atoms with Crippen LogP contribution in [0, 0.1) is 30.0 Å². The Morgan fingerprint density at radius 2 is 2.08 bits per heavy atom. The van der Waals surface area contributed by atoms with Crippen LogP contribution in [0.1, 0.15) is 50.7 Å². The smallest absolute Gasteiger partial charge is 0.325 e. The fraction of sp³-hybridized carbons (Fsp3) is 0.344. The molecule has 0 aromatic heterocycles. The van der Waals surface area contributed by atoms with Crippen LogP contribution >= 0.6 is 0 Å². The molecule has 1 aliphatic carbocycles. The number of nitrogens with two attached hydrogens (primary N) is 1. The molecule has 1 saturated heterocycles. The van der Waals surface area contributed by atoms with Gasteiger partial charge in [0.15, 0.2) is 0 Å². The number of carbonyl (C=O) groups is 1. The Morgan fingerprint density at radius 1 is 1.31 bits per heavy atom. The van der Waals surface area contributed by atoms with Crippen molar-refractivity contribution in [3.05, 3.63) is 88.5 Å². The monoisotopic (exact) mass is 529 g/mol. The number of nitrogens with one attached hydrogen (secondary N) is 1. The number of benzene rings is 1. The van der Waals surface area contributed by atoms with Crippen LogP contribution in [0.3, 0.4) is 0 Å². The Labute approximate surface area is 230 Å². The van der Waals surface area contributed by atoms with Crippen molar-refractivity contribution in [1.82, 2.24) is 4.90 Å². The second kappa shape index (κ2) is 13.1. The maximum absolute atomic E-state index is 15.5. The molecular formula is C32H38FN4O2+. The maximum Gasteiger partial charge on any atom is 0.325 e. The zero-order valence-corrected chi connectivity index (χ0v) is 23.2. The highest BCUT2D eigenvalue weighted by Crippen LogP contribution is 2.36. The van der Waals surface area contributed by atoms with Gasteiger partial charge in [-0.25, -0.2) is 9.18 Å². The van der Waals surface area contributed by atoms with Crippen LogP contribution in [-0.2, 0) is 6.42 Å². The zero-order chi connectivity index (χ0) is 28.6. The number of anilines is 1. The maximum atomic E-state index is 15.5. The first-order valence-electron chi connectivity index (χ1n) is 13.1. The highest BCUT2D eigenvalue weighted by molar-refractivity contribution is 6.03. The van der Waals surface area contributed by atoms with Gasteiger partial charge >= 0.3 is 11.8 Å². The number of urea groups is 1. The number of likely N-dealkylation sites (N-methyl/N-ethyl adjacent to an activating group) is 1. The first kappa shape index (κ1) is 29.4. The fourth-order valence-electron chi connectivity index (χ4n) is 5.11. The molecule has 0 spiro atoms. The highest BCUT2D eigenvalue weighted by atomic mass is 19.1. The van der Waals surface area contributed by atoms with Gasteiger partial charge in [-0.3, -0.25) is 9.69 Å². The number of nitrogens with zero attached hydrogens (tertiary/aromatic N) is 2. The van der Waals surface area contributed by atoms with E-state index in [2.05, 4.69) is 24.0 Å². The molecule has 1 aliphatic heterocycles. The SMILES string of the molecule is C/C(C/C=C\C=C/N)=C(\C=N)[C@]1(C)CC(=[OH+])CN(c2c(C)cc(CC#CC3=CCCC=C3)cc2F)C(=O)N1C. The molecule has 1 aromatic carbocycles. The highest BCUT2D eigenvalue weighted by Gasteiger charge is 2.46. The fourth-order valence-corrected chi connectivity index (χ4v) is 5.11. The van der Waals surface area contributed by atoms with Crippen LogP contribution in [0.15, 0.2) is 71.5 Å². The van der Waals surface area contributed by atoms with Crippen molar-refractivity contribution in [2.24, 2.45) is 5.73 Å². The quantitative estimate of drug-likeness (QED) is 0.199. The van der Waals surface area contributed by atoms with Crippen LogP contribution in [-0.4, -0.2) is 46.9 Å². The van der Waals surface area contributed by atoms with Gasteiger partial charge in [-0.05, 0) is 75.1 Å². The number of allylic oxidation sites excluding steroid dienone is 8. The first-order valence-corrected chi connectivity index (χ1v) is 13.1. The van der Waals surface area contributed by atoms with Gasteiger partial charge in [-0.2, -0.15) is 0 Å². The van der Waals surface area contributed by atoms with Crippen molar-refractivity contribution in [3.8, 4) is 11.8 Å². The largest absolute Gasteiger partial charge is 0.405 e. The number of amides is 2. The van der Waals surface area contributed by atoms with Crippen molar-refractivity contribution >= 4 is 23.7 Å². The standard InChI is InChI=1S/C32H37FN4O2/c1-23(12-7-6-10-17-34)28(21-35)32(3)20-27(38)22-37(31(39)36(32)4)30-24(2)18-26(19-29(30)33)16-11-15-25-13-8-5-9-14-25/h6-8,10,13-14,17-19,21,35H,5,9,12,16,20,22,34H2,1-4H3/p+1/b7-6-,17-10-,28-23-,35-21?/t32-/m0/s1. The van der Waals surface area contributed by atoms with Crippen molar-refractivity contribution in [2.45, 2.75) is 58.4 Å². The summed E-state index contributed by atoms with van der Waals surface area (Å²) in [5.74, 6) is 5.73. The van der Waals surface area contributed by atoms with Crippen LogP contribution in [0.4, 0.5) is 14.9 Å². The van der Waals surface area contributed by atoms with E-state index in [1.807, 2.05) is 38.1 Å². The molecule has 2 amide bonds. The summed E-state index contributed by atoms with van der Waals surface area (Å²) in [5, 5.41) is 8.13. The van der Waals surface area contributed by atoms with E-state index in [4.69, 9.17) is 11.1 Å². The first-order chi connectivity index (χ1) is 18.6. The lowest BCUT2D eigenvalue weighted by Gasteiger charge is -2.39. The summed E-state index contributed by atoms with van der Waals surface area (Å²) in [5.41, 5.74) is 8.28. The van der Waals surface area contributed by atoms with E-state index in [0.717, 1.165) is 29.6 Å². The number of hydrogen-bond donors (Lipinski definition) is 2. The Kier molecular flexibility index (Phi) is 9.84. The minimum Gasteiger partial charge on any atom is -0.405 e. The molecule has 204 valence electrons. The third-order valence-electron chi connectivity index (χ3n) is 7.22. The normalized spacial score (nSPS) is 20.6. The second-order valence-corrected chi connectivity index (χ2v) is 10.2. The second-order valence-electron chi connectivity index (χ2n) is 10.2. The van der Waals surface area contributed by atoms with E-state index in [1.54, 1.807) is 20.0 Å². The van der Waals surface area contributed by atoms with Gasteiger partial charge in [0.1, 0.15) is 12.4 Å². The van der Waals surface area contributed by atoms with Gasteiger partial charge in [0.05, 0.1) is 17.6 Å². The Bertz CT molecular complexity index is 1330. The van der Waals surface area contributed by atoms with Crippen LogP contribution in [0.2, 0.25) is 0 Å². The lowest BCUT2D eigenvalue weighted by molar-refractivity contribution is 0.179. The van der Waals surface area contributed by atoms with Crippen LogP contribution < -0.4 is 10.6 Å². The molecule has 6 nitrogen and oxygen atoms in total. The molecule has 0 unspecified atom stereocenters. The average molecular weight is 530 g/mol. The average Bonchev–Trinajstić information content (AvgIpc) is 2.97. The van der Waals surface area contributed by atoms with Gasteiger partial charge in [0.25, 0.3) is 0 Å². The lowest BCUT2D eigenvalue weighted by Crippen LogP contribution is -2.52. The molecule has 3 rings (SSSR count). The summed E-state index contributed by atoms with van der Waals surface area (Å²) in [6, 6.07) is 2.79. The Balaban J connectivity index is 1.91. The summed E-state index contributed by atoms with van der Waals surface area (Å²) >= 11 is 0. The molecule has 1 aromatic rings. The molecule has 2 aliphatic rings. The van der Waals surface area contributed by atoms with Crippen molar-refractivity contribution in [1.29, 1.82) is 5.41 Å². The van der Waals surface area contributed by atoms with E-state index in [-0.39, 0.29) is 24.4 Å². The predicted octanol–water partition coefficient (Wildman–Crippen LogP) is 5.91. The van der Waals surface area contributed by atoms with Crippen molar-refractivity contribution < 1.29 is 14.0 Å². The molecular weight excluding hydrogens is 491 g/mol. The summed E-state index contributed by atoms with van der Waals surface area (Å²) in [4.78, 5) is 27.5. The molecule has 1 atom stereocenters. The topological polar surface area (TPSA) is 94.8 Å². The lowest BCUT2D eigenvalue weighted by atomic mass is 9.82. The molecule has 39 heavy (non-hydrogen) atoms. The van der Waals surface area contributed by atoms with E-state index in [9.17, 15) is 9.59 Å². The van der Waals surface area contributed by atoms with Gasteiger partial charge in [-0.15, -0.1) is 0 Å². The number of halogens is 1. The van der Waals surface area contributed by atoms with Gasteiger partial charge in [0, 0.05) is 25.3 Å². The minimum absolute atomic E-state index is 0.0338.